The van der Waals surface area contributed by atoms with E-state index >= 15 is 0 Å². The summed E-state index contributed by atoms with van der Waals surface area (Å²) >= 11 is 1.76. The zero-order valence-corrected chi connectivity index (χ0v) is 19.9. The molecule has 160 valence electrons. The summed E-state index contributed by atoms with van der Waals surface area (Å²) in [6, 6.07) is 51.3. The molecule has 5 rings (SSSR count). The molecule has 0 aromatic heterocycles. The van der Waals surface area contributed by atoms with E-state index in [9.17, 15) is 0 Å². The lowest BCUT2D eigenvalue weighted by molar-refractivity contribution is 1.37. The van der Waals surface area contributed by atoms with Crippen LogP contribution in [0.4, 0.5) is 5.69 Å². The summed E-state index contributed by atoms with van der Waals surface area (Å²) in [4.78, 5) is 2.37. The fraction of sp³-hybridized carbons (Fsp3) is 0. The highest BCUT2D eigenvalue weighted by atomic mass is 32.2. The Labute approximate surface area is 200 Å². The van der Waals surface area contributed by atoms with Crippen molar-refractivity contribution in [3.8, 4) is 0 Å². The van der Waals surface area contributed by atoms with Crippen molar-refractivity contribution in [3.05, 3.63) is 146 Å². The maximum Gasteiger partial charge on any atom is 0.0764 e. The van der Waals surface area contributed by atoms with Crippen molar-refractivity contribution < 1.29 is 0 Å². The second-order valence-corrected chi connectivity index (χ2v) is 11.8. The number of nitrogens with zero attached hydrogens (tertiary/aromatic N) is 1. The highest BCUT2D eigenvalue weighted by molar-refractivity contribution is 7.99. The lowest BCUT2D eigenvalue weighted by atomic mass is 10.3. The molecule has 1 nitrogen and oxygen atoms in total. The third-order valence-corrected chi connectivity index (χ3v) is 10.2. The molecular weight excluding hydrogens is 437 g/mol. The molecule has 0 saturated carbocycles. The predicted molar refractivity (Wildman–Crippen MR) is 144 cm³/mol. The minimum Gasteiger partial charge on any atom is -0.253 e. The van der Waals surface area contributed by atoms with Gasteiger partial charge in [0.1, 0.15) is 0 Å². The third kappa shape index (κ3) is 4.59. The van der Waals surface area contributed by atoms with Gasteiger partial charge >= 0.3 is 0 Å². The molecule has 33 heavy (non-hydrogen) atoms. The first-order valence-electron chi connectivity index (χ1n) is 11.0. The van der Waals surface area contributed by atoms with Gasteiger partial charge in [-0.25, -0.2) is 0 Å². The molecule has 0 bridgehead atoms. The Morgan fingerprint density at radius 1 is 0.424 bits per heavy atom. The molecule has 0 aliphatic carbocycles. The molecule has 5 aromatic carbocycles. The molecule has 0 aliphatic rings. The van der Waals surface area contributed by atoms with E-state index in [0.717, 1.165) is 10.6 Å². The van der Waals surface area contributed by atoms with Gasteiger partial charge in [-0.2, -0.15) is 0 Å². The molecule has 0 spiro atoms. The molecule has 0 atom stereocenters. The van der Waals surface area contributed by atoms with E-state index in [0.29, 0.717) is 0 Å². The molecule has 5 aromatic rings. The Hall–Kier alpha value is -3.32. The zero-order chi connectivity index (χ0) is 22.3. The van der Waals surface area contributed by atoms with Crippen molar-refractivity contribution in [2.24, 2.45) is 4.74 Å². The summed E-state index contributed by atoms with van der Waals surface area (Å²) in [7, 11) is -2.30. The molecular formula is C30H24NPS. The van der Waals surface area contributed by atoms with Crippen LogP contribution in [0.3, 0.4) is 0 Å². The Balaban J connectivity index is 1.81. The van der Waals surface area contributed by atoms with E-state index in [2.05, 4.69) is 146 Å². The van der Waals surface area contributed by atoms with Gasteiger partial charge in [0.25, 0.3) is 0 Å². The molecule has 0 heterocycles. The van der Waals surface area contributed by atoms with Crippen molar-refractivity contribution in [1.29, 1.82) is 0 Å². The van der Waals surface area contributed by atoms with Gasteiger partial charge in [0.05, 0.1) is 12.7 Å². The maximum absolute atomic E-state index is 5.69. The third-order valence-electron chi connectivity index (χ3n) is 5.48. The minimum absolute atomic E-state index is 1.02. The lowest BCUT2D eigenvalue weighted by Gasteiger charge is -2.27. The topological polar surface area (TPSA) is 12.4 Å². The van der Waals surface area contributed by atoms with Crippen LogP contribution in [0.2, 0.25) is 0 Å². The Morgan fingerprint density at radius 3 is 1.30 bits per heavy atom. The highest BCUT2D eigenvalue weighted by Crippen LogP contribution is 2.51. The van der Waals surface area contributed by atoms with Gasteiger partial charge in [0, 0.05) is 25.7 Å². The monoisotopic (exact) mass is 461 g/mol. The second kappa shape index (κ2) is 10.1. The average Bonchev–Trinajstić information content (AvgIpc) is 2.90. The van der Waals surface area contributed by atoms with Gasteiger partial charge in [-0.3, -0.25) is 4.74 Å². The SMILES string of the molecule is c1ccc(Sc2ccccc2N=P(c2ccccc2)(c2ccccc2)c2ccccc2)cc1. The van der Waals surface area contributed by atoms with Crippen molar-refractivity contribution >= 4 is 40.4 Å². The van der Waals surface area contributed by atoms with E-state index < -0.39 is 7.05 Å². The summed E-state index contributed by atoms with van der Waals surface area (Å²) < 4.78 is 5.69. The molecule has 0 unspecified atom stereocenters. The Bertz CT molecular complexity index is 1270. The van der Waals surface area contributed by atoms with E-state index in [-0.39, 0.29) is 0 Å². The van der Waals surface area contributed by atoms with Crippen LogP contribution >= 0.6 is 18.8 Å². The quantitative estimate of drug-likeness (QED) is 0.237. The standard InChI is InChI=1S/C30H24NPS/c1-5-15-25(16-6-1)32(26-17-7-2-8-18-26,27-19-9-3-10-20-27)31-29-23-13-14-24-30(29)33-28-21-11-4-12-22-28/h1-24H. The van der Waals surface area contributed by atoms with Crippen molar-refractivity contribution in [2.75, 3.05) is 0 Å². The van der Waals surface area contributed by atoms with Crippen LogP contribution in [0.25, 0.3) is 0 Å². The maximum atomic E-state index is 5.69. The first-order valence-corrected chi connectivity index (χ1v) is 13.5. The fourth-order valence-electron chi connectivity index (χ4n) is 3.95. The van der Waals surface area contributed by atoms with Crippen LogP contribution in [0.5, 0.6) is 0 Å². The summed E-state index contributed by atoms with van der Waals surface area (Å²) in [6.07, 6.45) is 0. The number of hydrogen-bond acceptors (Lipinski definition) is 2. The van der Waals surface area contributed by atoms with Crippen LogP contribution in [-0.4, -0.2) is 0 Å². The van der Waals surface area contributed by atoms with Gasteiger partial charge in [-0.05, 0) is 24.3 Å². The molecule has 0 saturated heterocycles. The van der Waals surface area contributed by atoms with Crippen LogP contribution in [0, 0.1) is 0 Å². The van der Waals surface area contributed by atoms with Gasteiger partial charge in [0.15, 0.2) is 0 Å². The average molecular weight is 462 g/mol. The molecule has 0 aliphatic heterocycles. The molecule has 0 radical (unpaired) electrons. The fourth-order valence-corrected chi connectivity index (χ4v) is 8.48. The second-order valence-electron chi connectivity index (χ2n) is 7.62. The first kappa shape index (κ1) is 21.5. The van der Waals surface area contributed by atoms with Crippen molar-refractivity contribution in [2.45, 2.75) is 9.79 Å². The van der Waals surface area contributed by atoms with Gasteiger partial charge in [-0.1, -0.05) is 133 Å². The van der Waals surface area contributed by atoms with Crippen LogP contribution < -0.4 is 15.9 Å². The van der Waals surface area contributed by atoms with E-state index in [4.69, 9.17) is 4.74 Å². The zero-order valence-electron chi connectivity index (χ0n) is 18.2. The number of benzene rings is 5. The van der Waals surface area contributed by atoms with Gasteiger partial charge in [0.2, 0.25) is 0 Å². The van der Waals surface area contributed by atoms with Crippen LogP contribution in [0.15, 0.2) is 160 Å². The van der Waals surface area contributed by atoms with Crippen LogP contribution in [-0.2, 0) is 0 Å². The van der Waals surface area contributed by atoms with E-state index in [1.165, 1.54) is 20.8 Å². The highest BCUT2D eigenvalue weighted by Gasteiger charge is 2.27. The largest absolute Gasteiger partial charge is 0.253 e. The van der Waals surface area contributed by atoms with E-state index in [1.807, 2.05) is 0 Å². The lowest BCUT2D eigenvalue weighted by Crippen LogP contribution is -2.25. The van der Waals surface area contributed by atoms with Crippen molar-refractivity contribution in [3.63, 3.8) is 0 Å². The Kier molecular flexibility index (Phi) is 6.58. The van der Waals surface area contributed by atoms with Crippen LogP contribution in [0.1, 0.15) is 0 Å². The van der Waals surface area contributed by atoms with E-state index in [1.54, 1.807) is 11.8 Å². The minimum atomic E-state index is -2.30. The normalized spacial score (nSPS) is 11.2. The molecule has 0 amide bonds. The van der Waals surface area contributed by atoms with Crippen molar-refractivity contribution in [1.82, 2.24) is 0 Å². The number of hydrogen-bond donors (Lipinski definition) is 0. The predicted octanol–water partition coefficient (Wildman–Crippen LogP) is 7.65. The molecule has 3 heteroatoms. The van der Waals surface area contributed by atoms with Gasteiger partial charge < -0.3 is 0 Å². The first-order chi connectivity index (χ1) is 16.4. The summed E-state index contributed by atoms with van der Waals surface area (Å²) in [5.74, 6) is 0. The molecule has 0 N–H and O–H groups in total. The van der Waals surface area contributed by atoms with Gasteiger partial charge in [-0.15, -0.1) is 0 Å². The smallest absolute Gasteiger partial charge is 0.0764 e. The Morgan fingerprint density at radius 2 is 0.818 bits per heavy atom. The summed E-state index contributed by atoms with van der Waals surface area (Å²) in [5.41, 5.74) is 1.02. The number of rotatable bonds is 6. The molecule has 0 fully saturated rings. The summed E-state index contributed by atoms with van der Waals surface area (Å²) in [5, 5.41) is 3.76. The summed E-state index contributed by atoms with van der Waals surface area (Å²) in [6.45, 7) is 0.